The van der Waals surface area contributed by atoms with Crippen LogP contribution in [0.25, 0.3) is 16.3 Å². The van der Waals surface area contributed by atoms with E-state index in [-0.39, 0.29) is 22.8 Å². The van der Waals surface area contributed by atoms with Crippen LogP contribution in [-0.4, -0.2) is 28.0 Å². The maximum Gasteiger partial charge on any atom is 0.272 e. The summed E-state index contributed by atoms with van der Waals surface area (Å²) in [6, 6.07) is 31.6. The molecule has 0 bridgehead atoms. The number of nitrogens with zero attached hydrogens (tertiary/aromatic N) is 1. The van der Waals surface area contributed by atoms with Gasteiger partial charge in [0.05, 0.1) is 15.5 Å². The molecule has 1 heterocycles. The van der Waals surface area contributed by atoms with Crippen molar-refractivity contribution in [3.8, 4) is 0 Å². The van der Waals surface area contributed by atoms with Gasteiger partial charge in [-0.05, 0) is 78.6 Å². The average molecular weight is 621 g/mol. The number of amides is 3. The van der Waals surface area contributed by atoms with Crippen molar-refractivity contribution in [1.82, 2.24) is 10.3 Å². The second-order valence-corrected chi connectivity index (χ2v) is 12.9. The van der Waals surface area contributed by atoms with E-state index in [1.807, 2.05) is 73.7 Å². The average Bonchev–Trinajstić information content (AvgIpc) is 3.44. The number of rotatable bonds is 10. The van der Waals surface area contributed by atoms with Crippen molar-refractivity contribution >= 4 is 67.9 Å². The quantitative estimate of drug-likeness (QED) is 0.109. The number of aromatic nitrogens is 1. The van der Waals surface area contributed by atoms with Gasteiger partial charge < -0.3 is 16.0 Å². The van der Waals surface area contributed by atoms with Gasteiger partial charge in [0.1, 0.15) is 5.70 Å². The molecule has 1 atom stereocenters. The number of para-hydroxylation sites is 1. The molecule has 4 aromatic carbocycles. The summed E-state index contributed by atoms with van der Waals surface area (Å²) < 4.78 is 1.02. The van der Waals surface area contributed by atoms with Crippen LogP contribution in [0.3, 0.4) is 0 Å². The highest BCUT2D eigenvalue weighted by Gasteiger charge is 2.18. The van der Waals surface area contributed by atoms with Gasteiger partial charge in [-0.1, -0.05) is 79.8 Å². The minimum atomic E-state index is -0.453. The molecule has 3 N–H and O–H groups in total. The fourth-order valence-electron chi connectivity index (χ4n) is 4.29. The van der Waals surface area contributed by atoms with E-state index < -0.39 is 5.91 Å². The molecule has 7 nitrogen and oxygen atoms in total. The number of hydrogen-bond donors (Lipinski definition) is 3. The van der Waals surface area contributed by atoms with Gasteiger partial charge in [-0.2, -0.15) is 0 Å². The van der Waals surface area contributed by atoms with E-state index in [0.717, 1.165) is 20.7 Å². The van der Waals surface area contributed by atoms with Gasteiger partial charge >= 0.3 is 0 Å². The summed E-state index contributed by atoms with van der Waals surface area (Å²) >= 11 is 2.85. The summed E-state index contributed by atoms with van der Waals surface area (Å²) in [6.07, 6.45) is 1.66. The van der Waals surface area contributed by atoms with E-state index in [2.05, 4.69) is 34.8 Å². The molecule has 44 heavy (non-hydrogen) atoms. The predicted molar refractivity (Wildman–Crippen MR) is 181 cm³/mol. The molecule has 0 fully saturated rings. The van der Waals surface area contributed by atoms with Crippen LogP contribution in [0.5, 0.6) is 0 Å². The predicted octanol–water partition coefficient (Wildman–Crippen LogP) is 7.95. The van der Waals surface area contributed by atoms with Crippen LogP contribution in [0.4, 0.5) is 10.8 Å². The molecule has 9 heteroatoms. The molecular formula is C35H32N4O3S2. The summed E-state index contributed by atoms with van der Waals surface area (Å²) in [4.78, 5) is 44.5. The molecule has 0 saturated carbocycles. The standard InChI is InChI=1S/C35H32N4O3S2/c1-22(2)25-15-13-24(14-16-25)21-30(37-33(41)26-9-5-4-6-10-26)34(42)36-27-17-19-28(20-18-27)43-23(3)32(40)39-35-38-29-11-7-8-12-31(29)44-35/h4-23H,1-3H3,(H,36,42)(H,37,41)(H,38,39,40)/b30-21-. The number of thiazole rings is 1. The van der Waals surface area contributed by atoms with E-state index >= 15 is 0 Å². The summed E-state index contributed by atoms with van der Waals surface area (Å²) in [6.45, 7) is 6.07. The molecule has 5 aromatic rings. The van der Waals surface area contributed by atoms with Gasteiger partial charge in [-0.15, -0.1) is 11.8 Å². The molecule has 5 rings (SSSR count). The van der Waals surface area contributed by atoms with Crippen LogP contribution in [0.1, 0.15) is 48.2 Å². The summed E-state index contributed by atoms with van der Waals surface area (Å²) in [5, 5.41) is 8.76. The van der Waals surface area contributed by atoms with Crippen LogP contribution < -0.4 is 16.0 Å². The Balaban J connectivity index is 1.25. The molecule has 1 unspecified atom stereocenters. The van der Waals surface area contributed by atoms with Crippen molar-refractivity contribution in [1.29, 1.82) is 0 Å². The Bertz CT molecular complexity index is 1760. The van der Waals surface area contributed by atoms with Crippen molar-refractivity contribution in [3.05, 3.63) is 126 Å². The smallest absolute Gasteiger partial charge is 0.272 e. The number of fused-ring (bicyclic) bond motifs is 1. The fraction of sp³-hybridized carbons (Fsp3) is 0.143. The number of carbonyl (C=O) groups excluding carboxylic acids is 3. The molecule has 3 amide bonds. The normalized spacial score (nSPS) is 12.1. The third kappa shape index (κ3) is 8.00. The van der Waals surface area contributed by atoms with E-state index in [9.17, 15) is 14.4 Å². The first kappa shape index (κ1) is 30.7. The Morgan fingerprint density at radius 1 is 0.795 bits per heavy atom. The van der Waals surface area contributed by atoms with Gasteiger partial charge in [-0.3, -0.25) is 14.4 Å². The number of anilines is 2. The highest BCUT2D eigenvalue weighted by Crippen LogP contribution is 2.29. The van der Waals surface area contributed by atoms with Gasteiger partial charge in [-0.25, -0.2) is 4.98 Å². The van der Waals surface area contributed by atoms with Crippen LogP contribution in [-0.2, 0) is 9.59 Å². The van der Waals surface area contributed by atoms with E-state index in [1.54, 1.807) is 42.5 Å². The number of nitrogens with one attached hydrogen (secondary N) is 3. The molecule has 0 aliphatic heterocycles. The van der Waals surface area contributed by atoms with Crippen molar-refractivity contribution < 1.29 is 14.4 Å². The largest absolute Gasteiger partial charge is 0.321 e. The Morgan fingerprint density at radius 3 is 2.16 bits per heavy atom. The molecule has 0 radical (unpaired) electrons. The third-order valence-electron chi connectivity index (χ3n) is 6.76. The lowest BCUT2D eigenvalue weighted by molar-refractivity contribution is -0.115. The second-order valence-electron chi connectivity index (χ2n) is 10.4. The Morgan fingerprint density at radius 2 is 1.48 bits per heavy atom. The van der Waals surface area contributed by atoms with Gasteiger partial charge in [0.2, 0.25) is 5.91 Å². The first-order valence-electron chi connectivity index (χ1n) is 14.2. The van der Waals surface area contributed by atoms with Crippen LogP contribution in [0, 0.1) is 0 Å². The Labute approximate surface area is 264 Å². The lowest BCUT2D eigenvalue weighted by Crippen LogP contribution is -2.30. The van der Waals surface area contributed by atoms with Crippen LogP contribution >= 0.6 is 23.1 Å². The Kier molecular flexibility index (Phi) is 9.89. The van der Waals surface area contributed by atoms with E-state index in [4.69, 9.17) is 0 Å². The first-order chi connectivity index (χ1) is 21.2. The first-order valence-corrected chi connectivity index (χ1v) is 15.9. The van der Waals surface area contributed by atoms with Crippen molar-refractivity contribution in [3.63, 3.8) is 0 Å². The molecule has 0 saturated heterocycles. The SMILES string of the molecule is CC(Sc1ccc(NC(=O)/C(=C/c2ccc(C(C)C)cc2)NC(=O)c2ccccc2)cc1)C(=O)Nc1nc2ccccc2s1. The van der Waals surface area contributed by atoms with E-state index in [0.29, 0.717) is 22.3 Å². The van der Waals surface area contributed by atoms with Crippen LogP contribution in [0.2, 0.25) is 0 Å². The summed E-state index contributed by atoms with van der Waals surface area (Å²) in [7, 11) is 0. The summed E-state index contributed by atoms with van der Waals surface area (Å²) in [5.74, 6) is -0.593. The lowest BCUT2D eigenvalue weighted by Gasteiger charge is -2.13. The topological polar surface area (TPSA) is 100 Å². The zero-order valence-electron chi connectivity index (χ0n) is 24.5. The third-order valence-corrected chi connectivity index (χ3v) is 8.83. The highest BCUT2D eigenvalue weighted by molar-refractivity contribution is 8.00. The Hall–Kier alpha value is -4.73. The lowest BCUT2D eigenvalue weighted by atomic mass is 10.0. The molecule has 0 aliphatic rings. The molecule has 222 valence electrons. The summed E-state index contributed by atoms with van der Waals surface area (Å²) in [5.41, 5.74) is 3.95. The molecule has 0 spiro atoms. The monoisotopic (exact) mass is 620 g/mol. The van der Waals surface area contributed by atoms with Gasteiger partial charge in [0.15, 0.2) is 5.13 Å². The van der Waals surface area contributed by atoms with Crippen molar-refractivity contribution in [2.24, 2.45) is 0 Å². The number of carbonyl (C=O) groups is 3. The zero-order chi connectivity index (χ0) is 31.1. The van der Waals surface area contributed by atoms with Gasteiger partial charge in [0.25, 0.3) is 11.8 Å². The molecule has 1 aromatic heterocycles. The maximum atomic E-state index is 13.4. The number of hydrogen-bond acceptors (Lipinski definition) is 6. The zero-order valence-corrected chi connectivity index (χ0v) is 26.2. The highest BCUT2D eigenvalue weighted by atomic mass is 32.2. The minimum absolute atomic E-state index is 0.120. The molecular weight excluding hydrogens is 589 g/mol. The fourth-order valence-corrected chi connectivity index (χ4v) is 6.03. The number of benzene rings is 4. The second kappa shape index (κ2) is 14.2. The van der Waals surface area contributed by atoms with Crippen molar-refractivity contribution in [2.75, 3.05) is 10.6 Å². The minimum Gasteiger partial charge on any atom is -0.321 e. The maximum absolute atomic E-state index is 13.4. The molecule has 0 aliphatic carbocycles. The van der Waals surface area contributed by atoms with E-state index in [1.165, 1.54) is 28.7 Å². The van der Waals surface area contributed by atoms with Crippen molar-refractivity contribution in [2.45, 2.75) is 36.8 Å². The van der Waals surface area contributed by atoms with Crippen LogP contribution in [0.15, 0.2) is 114 Å². The number of thioether (sulfide) groups is 1. The van der Waals surface area contributed by atoms with Gasteiger partial charge in [0, 0.05) is 16.1 Å².